The fourth-order valence-electron chi connectivity index (χ4n) is 2.14. The monoisotopic (exact) mass is 387 g/mol. The highest BCUT2D eigenvalue weighted by atomic mass is 79.9. The molecule has 0 spiro atoms. The number of fused-ring (bicyclic) bond motifs is 1. The van der Waals surface area contributed by atoms with Gasteiger partial charge in [-0.05, 0) is 30.3 Å². The highest BCUT2D eigenvalue weighted by molar-refractivity contribution is 9.10. The van der Waals surface area contributed by atoms with Gasteiger partial charge in [0, 0.05) is 16.2 Å². The molecule has 8 heteroatoms. The molecule has 2 heterocycles. The van der Waals surface area contributed by atoms with Gasteiger partial charge in [-0.2, -0.15) is 0 Å². The third-order valence-corrected chi connectivity index (χ3v) is 3.82. The van der Waals surface area contributed by atoms with Crippen molar-refractivity contribution < 1.29 is 9.59 Å². The molecule has 0 fully saturated rings. The van der Waals surface area contributed by atoms with E-state index in [-0.39, 0.29) is 24.9 Å². The second-order valence-corrected chi connectivity index (χ2v) is 5.93. The summed E-state index contributed by atoms with van der Waals surface area (Å²) in [6, 6.07) is 12.5. The van der Waals surface area contributed by atoms with Crippen molar-refractivity contribution in [2.75, 3.05) is 6.54 Å². The Bertz CT molecular complexity index is 893. The minimum Gasteiger partial charge on any atom is -0.347 e. The predicted octanol–water partition coefficient (Wildman–Crippen LogP) is 1.54. The van der Waals surface area contributed by atoms with Gasteiger partial charge in [-0.25, -0.2) is 0 Å². The Morgan fingerprint density at radius 2 is 1.96 bits per heavy atom. The number of benzene rings is 1. The van der Waals surface area contributed by atoms with Crippen LogP contribution >= 0.6 is 15.9 Å². The van der Waals surface area contributed by atoms with Gasteiger partial charge in [-0.3, -0.25) is 14.0 Å². The van der Waals surface area contributed by atoms with Gasteiger partial charge in [-0.1, -0.05) is 28.1 Å². The van der Waals surface area contributed by atoms with E-state index in [0.29, 0.717) is 17.0 Å². The first kappa shape index (κ1) is 16.1. The number of hydrogen-bond donors (Lipinski definition) is 2. The van der Waals surface area contributed by atoms with E-state index in [1.54, 1.807) is 22.6 Å². The average Bonchev–Trinajstić information content (AvgIpc) is 3.01. The SMILES string of the molecule is O=C(CNC(=O)c1cccc(Br)c1)NCc1nnc2ccccn12. The van der Waals surface area contributed by atoms with Gasteiger partial charge in [0.15, 0.2) is 11.5 Å². The van der Waals surface area contributed by atoms with E-state index in [4.69, 9.17) is 0 Å². The molecule has 0 radical (unpaired) electrons. The Kier molecular flexibility index (Phi) is 4.85. The summed E-state index contributed by atoms with van der Waals surface area (Å²) in [5.74, 6) is 0.0164. The average molecular weight is 388 g/mol. The minimum atomic E-state index is -0.306. The maximum Gasteiger partial charge on any atom is 0.251 e. The quantitative estimate of drug-likeness (QED) is 0.694. The van der Waals surface area contributed by atoms with Crippen LogP contribution in [0.2, 0.25) is 0 Å². The third kappa shape index (κ3) is 3.77. The van der Waals surface area contributed by atoms with E-state index < -0.39 is 0 Å². The molecular weight excluding hydrogens is 374 g/mol. The maximum absolute atomic E-state index is 12.0. The molecule has 0 aliphatic heterocycles. The molecule has 122 valence electrons. The van der Waals surface area contributed by atoms with E-state index in [0.717, 1.165) is 4.47 Å². The van der Waals surface area contributed by atoms with Crippen LogP contribution in [-0.2, 0) is 11.3 Å². The van der Waals surface area contributed by atoms with Crippen LogP contribution in [0.5, 0.6) is 0 Å². The van der Waals surface area contributed by atoms with Crippen LogP contribution in [0.3, 0.4) is 0 Å². The lowest BCUT2D eigenvalue weighted by molar-refractivity contribution is -0.120. The first-order valence-electron chi connectivity index (χ1n) is 7.22. The molecule has 0 saturated heterocycles. The summed E-state index contributed by atoms with van der Waals surface area (Å²) < 4.78 is 2.60. The van der Waals surface area contributed by atoms with Gasteiger partial charge >= 0.3 is 0 Å². The first-order chi connectivity index (χ1) is 11.6. The van der Waals surface area contributed by atoms with Crippen molar-refractivity contribution >= 4 is 33.4 Å². The van der Waals surface area contributed by atoms with E-state index in [9.17, 15) is 9.59 Å². The van der Waals surface area contributed by atoms with Crippen LogP contribution in [0.4, 0.5) is 0 Å². The zero-order valence-corrected chi connectivity index (χ0v) is 14.2. The third-order valence-electron chi connectivity index (χ3n) is 3.32. The Hall–Kier alpha value is -2.74. The number of carbonyl (C=O) groups is 2. The number of pyridine rings is 1. The zero-order chi connectivity index (χ0) is 16.9. The van der Waals surface area contributed by atoms with Crippen molar-refractivity contribution in [3.63, 3.8) is 0 Å². The smallest absolute Gasteiger partial charge is 0.251 e. The first-order valence-corrected chi connectivity index (χ1v) is 8.02. The largest absolute Gasteiger partial charge is 0.347 e. The molecule has 2 N–H and O–H groups in total. The summed E-state index contributed by atoms with van der Waals surface area (Å²) in [4.78, 5) is 23.9. The van der Waals surface area contributed by atoms with Crippen molar-refractivity contribution in [2.45, 2.75) is 6.54 Å². The summed E-state index contributed by atoms with van der Waals surface area (Å²) in [5.41, 5.74) is 1.20. The number of carbonyl (C=O) groups excluding carboxylic acids is 2. The number of nitrogens with zero attached hydrogens (tertiary/aromatic N) is 3. The number of halogens is 1. The fraction of sp³-hybridized carbons (Fsp3) is 0.125. The zero-order valence-electron chi connectivity index (χ0n) is 12.6. The minimum absolute atomic E-state index is 0.109. The second kappa shape index (κ2) is 7.22. The van der Waals surface area contributed by atoms with Crippen LogP contribution < -0.4 is 10.6 Å². The molecule has 1 aromatic carbocycles. The van der Waals surface area contributed by atoms with Crippen LogP contribution in [0.15, 0.2) is 53.1 Å². The van der Waals surface area contributed by atoms with Crippen LogP contribution in [0.1, 0.15) is 16.2 Å². The lowest BCUT2D eigenvalue weighted by Crippen LogP contribution is -2.36. The van der Waals surface area contributed by atoms with Crippen LogP contribution in [-0.4, -0.2) is 33.0 Å². The molecule has 24 heavy (non-hydrogen) atoms. The molecule has 2 aromatic heterocycles. The van der Waals surface area contributed by atoms with Gasteiger partial charge in [0.1, 0.15) is 0 Å². The molecule has 0 atom stereocenters. The van der Waals surface area contributed by atoms with Gasteiger partial charge in [-0.15, -0.1) is 10.2 Å². The highest BCUT2D eigenvalue weighted by Crippen LogP contribution is 2.11. The highest BCUT2D eigenvalue weighted by Gasteiger charge is 2.10. The Morgan fingerprint density at radius 1 is 1.08 bits per heavy atom. The fourth-order valence-corrected chi connectivity index (χ4v) is 2.54. The molecule has 3 rings (SSSR count). The number of amides is 2. The van der Waals surface area contributed by atoms with Crippen molar-refractivity contribution in [1.29, 1.82) is 0 Å². The summed E-state index contributed by atoms with van der Waals surface area (Å²) >= 11 is 3.30. The number of hydrogen-bond acceptors (Lipinski definition) is 4. The summed E-state index contributed by atoms with van der Waals surface area (Å²) in [6.07, 6.45) is 1.83. The standard InChI is InChI=1S/C16H14BrN5O2/c17-12-5-3-4-11(8-12)16(24)19-10-15(23)18-9-14-21-20-13-6-1-2-7-22(13)14/h1-8H,9-10H2,(H,18,23)(H,19,24). The molecule has 3 aromatic rings. The number of aromatic nitrogens is 3. The summed E-state index contributed by atoms with van der Waals surface area (Å²) in [6.45, 7) is 0.124. The van der Waals surface area contributed by atoms with E-state index in [1.807, 2.05) is 30.5 Å². The topological polar surface area (TPSA) is 88.4 Å². The van der Waals surface area contributed by atoms with Gasteiger partial charge in [0.25, 0.3) is 5.91 Å². The van der Waals surface area contributed by atoms with Crippen molar-refractivity contribution in [2.24, 2.45) is 0 Å². The van der Waals surface area contributed by atoms with Crippen molar-refractivity contribution in [3.8, 4) is 0 Å². The second-order valence-electron chi connectivity index (χ2n) is 5.01. The normalized spacial score (nSPS) is 10.5. The number of nitrogens with one attached hydrogen (secondary N) is 2. The molecule has 7 nitrogen and oxygen atoms in total. The lowest BCUT2D eigenvalue weighted by Gasteiger charge is -2.06. The molecule has 0 bridgehead atoms. The van der Waals surface area contributed by atoms with Crippen molar-refractivity contribution in [3.05, 3.63) is 64.5 Å². The molecule has 0 aliphatic carbocycles. The Morgan fingerprint density at radius 3 is 2.79 bits per heavy atom. The molecule has 0 saturated carbocycles. The van der Waals surface area contributed by atoms with E-state index in [2.05, 4.69) is 36.8 Å². The van der Waals surface area contributed by atoms with Crippen LogP contribution in [0.25, 0.3) is 5.65 Å². The molecule has 0 unspecified atom stereocenters. The van der Waals surface area contributed by atoms with Gasteiger partial charge < -0.3 is 10.6 Å². The molecule has 2 amide bonds. The van der Waals surface area contributed by atoms with Crippen molar-refractivity contribution in [1.82, 2.24) is 25.2 Å². The van der Waals surface area contributed by atoms with Crippen LogP contribution in [0, 0.1) is 0 Å². The lowest BCUT2D eigenvalue weighted by atomic mass is 10.2. The summed E-state index contributed by atoms with van der Waals surface area (Å²) in [5, 5.41) is 13.3. The molecule has 0 aliphatic rings. The van der Waals surface area contributed by atoms with E-state index in [1.165, 1.54) is 0 Å². The summed E-state index contributed by atoms with van der Waals surface area (Å²) in [7, 11) is 0. The van der Waals surface area contributed by atoms with E-state index >= 15 is 0 Å². The molecular formula is C16H14BrN5O2. The van der Waals surface area contributed by atoms with Gasteiger partial charge in [0.2, 0.25) is 5.91 Å². The predicted molar refractivity (Wildman–Crippen MR) is 91.3 cm³/mol. The van der Waals surface area contributed by atoms with Gasteiger partial charge in [0.05, 0.1) is 13.1 Å². The Balaban J connectivity index is 1.52. The maximum atomic E-state index is 12.0. The Labute approximate surface area is 146 Å². The number of rotatable bonds is 5.